The molecule has 0 saturated carbocycles. The third kappa shape index (κ3) is 4.21. The molecule has 0 bridgehead atoms. The van der Waals surface area contributed by atoms with Crippen molar-refractivity contribution in [2.24, 2.45) is 0 Å². The Labute approximate surface area is 135 Å². The molecule has 0 aliphatic heterocycles. The van der Waals surface area contributed by atoms with Gasteiger partial charge in [-0.3, -0.25) is 4.79 Å². The van der Waals surface area contributed by atoms with E-state index in [2.05, 4.69) is 6.07 Å². The van der Waals surface area contributed by atoms with Crippen LogP contribution in [-0.4, -0.2) is 20.0 Å². The summed E-state index contributed by atoms with van der Waals surface area (Å²) < 4.78 is 10.4. The molecule has 0 saturated heterocycles. The Morgan fingerprint density at radius 3 is 2.74 bits per heavy atom. The standard InChI is InChI=1S/C19H17NO3/c1-22-16-9-11-19(23-2)17(12-16)18(21)10-8-14-4-3-5-15(13-20)7-6-14/h4-12H,3H2,1-2H3/b10-8+. The lowest BCUT2D eigenvalue weighted by molar-refractivity contribution is 0.104. The highest BCUT2D eigenvalue weighted by molar-refractivity contribution is 6.07. The molecule has 0 N–H and O–H groups in total. The highest BCUT2D eigenvalue weighted by atomic mass is 16.5. The average Bonchev–Trinajstić information content (AvgIpc) is 2.84. The Kier molecular flexibility index (Phi) is 5.54. The number of hydrogen-bond donors (Lipinski definition) is 0. The molecule has 0 fully saturated rings. The number of carbonyl (C=O) groups is 1. The van der Waals surface area contributed by atoms with Gasteiger partial charge < -0.3 is 9.47 Å². The number of ether oxygens (including phenoxy) is 2. The first-order valence-corrected chi connectivity index (χ1v) is 7.11. The van der Waals surface area contributed by atoms with Gasteiger partial charge in [0.25, 0.3) is 0 Å². The predicted molar refractivity (Wildman–Crippen MR) is 88.6 cm³/mol. The van der Waals surface area contributed by atoms with Crippen molar-refractivity contribution < 1.29 is 14.3 Å². The van der Waals surface area contributed by atoms with Crippen LogP contribution in [0, 0.1) is 11.3 Å². The van der Waals surface area contributed by atoms with E-state index in [1.165, 1.54) is 13.2 Å². The fourth-order valence-corrected chi connectivity index (χ4v) is 2.12. The maximum Gasteiger partial charge on any atom is 0.189 e. The van der Waals surface area contributed by atoms with Crippen LogP contribution in [0.4, 0.5) is 0 Å². The third-order valence-electron chi connectivity index (χ3n) is 3.38. The molecule has 2 rings (SSSR count). The molecular formula is C19H17NO3. The van der Waals surface area contributed by atoms with Gasteiger partial charge in [-0.15, -0.1) is 0 Å². The Balaban J connectivity index is 2.20. The summed E-state index contributed by atoms with van der Waals surface area (Å²) in [6, 6.07) is 7.20. The van der Waals surface area contributed by atoms with Crippen LogP contribution < -0.4 is 9.47 Å². The van der Waals surface area contributed by atoms with Gasteiger partial charge in [0.15, 0.2) is 5.78 Å². The number of nitriles is 1. The zero-order valence-corrected chi connectivity index (χ0v) is 13.1. The first kappa shape index (κ1) is 16.3. The summed E-state index contributed by atoms with van der Waals surface area (Å²) in [5.41, 5.74) is 1.93. The topological polar surface area (TPSA) is 59.3 Å². The molecule has 4 nitrogen and oxygen atoms in total. The van der Waals surface area contributed by atoms with E-state index in [1.54, 1.807) is 37.5 Å². The van der Waals surface area contributed by atoms with Crippen LogP contribution in [0.2, 0.25) is 0 Å². The van der Waals surface area contributed by atoms with Crippen molar-refractivity contribution in [1.82, 2.24) is 0 Å². The van der Waals surface area contributed by atoms with Crippen LogP contribution in [0.1, 0.15) is 16.8 Å². The number of nitrogens with zero attached hydrogens (tertiary/aromatic N) is 1. The molecule has 1 aliphatic rings. The van der Waals surface area contributed by atoms with E-state index in [4.69, 9.17) is 14.7 Å². The van der Waals surface area contributed by atoms with Crippen LogP contribution in [-0.2, 0) is 0 Å². The smallest absolute Gasteiger partial charge is 0.189 e. The largest absolute Gasteiger partial charge is 0.497 e. The number of methoxy groups -OCH3 is 2. The van der Waals surface area contributed by atoms with Crippen molar-refractivity contribution >= 4 is 5.78 Å². The molecule has 0 atom stereocenters. The molecule has 0 aromatic heterocycles. The monoisotopic (exact) mass is 307 g/mol. The lowest BCUT2D eigenvalue weighted by atomic mass is 10.1. The minimum atomic E-state index is -0.173. The van der Waals surface area contributed by atoms with Crippen LogP contribution in [0.15, 0.2) is 65.8 Å². The maximum absolute atomic E-state index is 12.4. The molecule has 1 aromatic carbocycles. The number of benzene rings is 1. The molecule has 0 spiro atoms. The minimum absolute atomic E-state index is 0.173. The fraction of sp³-hybridized carbons (Fsp3) is 0.158. The van der Waals surface area contributed by atoms with E-state index >= 15 is 0 Å². The summed E-state index contributed by atoms with van der Waals surface area (Å²) in [7, 11) is 3.07. The molecular weight excluding hydrogens is 290 g/mol. The summed E-state index contributed by atoms with van der Waals surface area (Å²) in [6.45, 7) is 0. The molecule has 4 heteroatoms. The summed E-state index contributed by atoms with van der Waals surface area (Å²) in [4.78, 5) is 12.4. The number of allylic oxidation sites excluding steroid dienone is 8. The fourth-order valence-electron chi connectivity index (χ4n) is 2.12. The highest BCUT2D eigenvalue weighted by Crippen LogP contribution is 2.25. The van der Waals surface area contributed by atoms with E-state index in [-0.39, 0.29) is 5.78 Å². The Morgan fingerprint density at radius 1 is 1.22 bits per heavy atom. The molecule has 0 unspecified atom stereocenters. The normalized spacial score (nSPS) is 13.8. The molecule has 116 valence electrons. The predicted octanol–water partition coefficient (Wildman–Crippen LogP) is 3.78. The van der Waals surface area contributed by atoms with Crippen molar-refractivity contribution in [2.75, 3.05) is 14.2 Å². The van der Waals surface area contributed by atoms with Gasteiger partial charge in [0.1, 0.15) is 11.5 Å². The van der Waals surface area contributed by atoms with Gasteiger partial charge in [0.05, 0.1) is 25.9 Å². The summed E-state index contributed by atoms with van der Waals surface area (Å²) in [6.07, 6.45) is 11.2. The summed E-state index contributed by atoms with van der Waals surface area (Å²) in [5, 5.41) is 8.89. The molecule has 23 heavy (non-hydrogen) atoms. The van der Waals surface area contributed by atoms with Crippen molar-refractivity contribution in [3.63, 3.8) is 0 Å². The lowest BCUT2D eigenvalue weighted by Gasteiger charge is -2.07. The van der Waals surface area contributed by atoms with Gasteiger partial charge in [0, 0.05) is 5.57 Å². The Hall–Kier alpha value is -3.06. The SMILES string of the molecule is COc1ccc(OC)c(C(=O)/C=C/C2=CCC=C(C#N)C=C2)c1. The first-order chi connectivity index (χ1) is 11.2. The quantitative estimate of drug-likeness (QED) is 0.613. The van der Waals surface area contributed by atoms with Gasteiger partial charge in [-0.1, -0.05) is 24.3 Å². The Bertz CT molecular complexity index is 761. The van der Waals surface area contributed by atoms with E-state index in [0.717, 1.165) is 5.57 Å². The zero-order chi connectivity index (χ0) is 16.7. The first-order valence-electron chi connectivity index (χ1n) is 7.11. The second-order valence-electron chi connectivity index (χ2n) is 4.81. The van der Waals surface area contributed by atoms with Gasteiger partial charge in [-0.2, -0.15) is 5.26 Å². The van der Waals surface area contributed by atoms with E-state index in [1.807, 2.05) is 18.2 Å². The summed E-state index contributed by atoms with van der Waals surface area (Å²) >= 11 is 0. The average molecular weight is 307 g/mol. The van der Waals surface area contributed by atoms with Gasteiger partial charge in [-0.25, -0.2) is 0 Å². The second kappa shape index (κ2) is 7.81. The van der Waals surface area contributed by atoms with Crippen molar-refractivity contribution in [3.05, 3.63) is 71.4 Å². The number of carbonyl (C=O) groups excluding carboxylic acids is 1. The number of hydrogen-bond acceptors (Lipinski definition) is 4. The third-order valence-corrected chi connectivity index (χ3v) is 3.38. The summed E-state index contributed by atoms with van der Waals surface area (Å²) in [5.74, 6) is 0.922. The molecule has 1 aromatic rings. The number of ketones is 1. The maximum atomic E-state index is 12.4. The highest BCUT2D eigenvalue weighted by Gasteiger charge is 2.11. The van der Waals surface area contributed by atoms with Gasteiger partial charge in [0.2, 0.25) is 0 Å². The van der Waals surface area contributed by atoms with Crippen LogP contribution >= 0.6 is 0 Å². The lowest BCUT2D eigenvalue weighted by Crippen LogP contribution is -2.00. The van der Waals surface area contributed by atoms with Crippen LogP contribution in [0.25, 0.3) is 0 Å². The minimum Gasteiger partial charge on any atom is -0.497 e. The van der Waals surface area contributed by atoms with Gasteiger partial charge >= 0.3 is 0 Å². The van der Waals surface area contributed by atoms with E-state index in [9.17, 15) is 4.79 Å². The Morgan fingerprint density at radius 2 is 2.04 bits per heavy atom. The van der Waals surface area contributed by atoms with E-state index < -0.39 is 0 Å². The molecule has 0 heterocycles. The van der Waals surface area contributed by atoms with Crippen molar-refractivity contribution in [1.29, 1.82) is 5.26 Å². The molecule has 1 aliphatic carbocycles. The number of rotatable bonds is 5. The van der Waals surface area contributed by atoms with Crippen LogP contribution in [0.5, 0.6) is 11.5 Å². The van der Waals surface area contributed by atoms with Crippen LogP contribution in [0.3, 0.4) is 0 Å². The zero-order valence-electron chi connectivity index (χ0n) is 13.1. The van der Waals surface area contributed by atoms with E-state index in [0.29, 0.717) is 29.1 Å². The van der Waals surface area contributed by atoms with Gasteiger partial charge in [-0.05, 0) is 42.3 Å². The second-order valence-corrected chi connectivity index (χ2v) is 4.81. The van der Waals surface area contributed by atoms with Crippen molar-refractivity contribution in [3.8, 4) is 17.6 Å². The molecule has 0 radical (unpaired) electrons. The van der Waals surface area contributed by atoms with Crippen molar-refractivity contribution in [2.45, 2.75) is 6.42 Å². The molecule has 0 amide bonds.